The Hall–Kier alpha value is -2.71. The van der Waals surface area contributed by atoms with Crippen LogP contribution in [0.2, 0.25) is 0 Å². The summed E-state index contributed by atoms with van der Waals surface area (Å²) in [5, 5.41) is 11.7. The Morgan fingerprint density at radius 2 is 2.00 bits per heavy atom. The molecule has 5 heteroatoms. The maximum Gasteiger partial charge on any atom is 0.282 e. The van der Waals surface area contributed by atoms with Crippen LogP contribution in [-0.2, 0) is 11.3 Å². The van der Waals surface area contributed by atoms with Crippen LogP contribution in [0.4, 0.5) is 10.1 Å². The van der Waals surface area contributed by atoms with Gasteiger partial charge in [0.05, 0.1) is 18.7 Å². The number of nitrogens with zero attached hydrogens (tertiary/aromatic N) is 1. The number of quaternary nitrogens is 1. The molecule has 2 aromatic carbocycles. The molecule has 1 amide bonds. The van der Waals surface area contributed by atoms with E-state index in [9.17, 15) is 9.18 Å². The van der Waals surface area contributed by atoms with E-state index in [1.807, 2.05) is 20.0 Å². The van der Waals surface area contributed by atoms with Crippen LogP contribution < -0.4 is 10.2 Å². The van der Waals surface area contributed by atoms with Gasteiger partial charge in [0, 0.05) is 11.3 Å². The zero-order valence-corrected chi connectivity index (χ0v) is 13.1. The molecule has 0 aliphatic heterocycles. The van der Waals surface area contributed by atoms with Crippen molar-refractivity contribution in [3.05, 3.63) is 65.5 Å². The maximum atomic E-state index is 12.9. The second-order valence-electron chi connectivity index (χ2n) is 5.55. The molecule has 0 spiro atoms. The highest BCUT2D eigenvalue weighted by atomic mass is 19.1. The fourth-order valence-electron chi connectivity index (χ4n) is 2.22. The van der Waals surface area contributed by atoms with Crippen LogP contribution >= 0.6 is 0 Å². The van der Waals surface area contributed by atoms with Gasteiger partial charge in [-0.15, -0.1) is 0 Å². The summed E-state index contributed by atoms with van der Waals surface area (Å²) >= 11 is 0. The molecule has 1 unspecified atom stereocenters. The molecule has 0 radical (unpaired) electrons. The van der Waals surface area contributed by atoms with Crippen molar-refractivity contribution >= 4 is 11.6 Å². The van der Waals surface area contributed by atoms with E-state index in [2.05, 4.69) is 5.32 Å². The van der Waals surface area contributed by atoms with Crippen molar-refractivity contribution in [2.45, 2.75) is 19.5 Å². The average Bonchev–Trinajstić information content (AvgIpc) is 2.56. The van der Waals surface area contributed by atoms with Crippen molar-refractivity contribution < 1.29 is 14.1 Å². The number of hydrogen-bond donors (Lipinski definition) is 2. The van der Waals surface area contributed by atoms with Crippen molar-refractivity contribution in [1.29, 1.82) is 5.26 Å². The highest BCUT2D eigenvalue weighted by molar-refractivity contribution is 5.93. The molecule has 0 aliphatic carbocycles. The quantitative estimate of drug-likeness (QED) is 0.883. The Morgan fingerprint density at radius 1 is 1.30 bits per heavy atom. The third kappa shape index (κ3) is 4.63. The van der Waals surface area contributed by atoms with Crippen LogP contribution in [0.5, 0.6) is 0 Å². The smallest absolute Gasteiger partial charge is 0.282 e. The number of benzene rings is 2. The summed E-state index contributed by atoms with van der Waals surface area (Å²) in [7, 11) is 1.92. The molecule has 0 fully saturated rings. The lowest BCUT2D eigenvalue weighted by atomic mass is 10.1. The minimum atomic E-state index is -0.286. The second kappa shape index (κ2) is 7.52. The number of halogens is 1. The van der Waals surface area contributed by atoms with Gasteiger partial charge in [-0.3, -0.25) is 4.79 Å². The molecule has 0 saturated heterocycles. The van der Waals surface area contributed by atoms with E-state index in [4.69, 9.17) is 5.26 Å². The number of carbonyl (C=O) groups is 1. The van der Waals surface area contributed by atoms with Crippen LogP contribution in [0.25, 0.3) is 0 Å². The Bertz CT molecular complexity index is 722. The summed E-state index contributed by atoms with van der Waals surface area (Å²) in [6.07, 6.45) is 0. The normalized spacial score (nSPS) is 13.0. The summed E-state index contributed by atoms with van der Waals surface area (Å²) in [4.78, 5) is 13.3. The lowest BCUT2D eigenvalue weighted by Gasteiger charge is -2.21. The van der Waals surface area contributed by atoms with Gasteiger partial charge >= 0.3 is 0 Å². The van der Waals surface area contributed by atoms with Gasteiger partial charge < -0.3 is 10.2 Å². The summed E-state index contributed by atoms with van der Waals surface area (Å²) in [6.45, 7) is 2.45. The molecule has 0 aromatic heterocycles. The predicted molar refractivity (Wildman–Crippen MR) is 86.2 cm³/mol. The number of carbonyl (C=O) groups excluding carboxylic acids is 1. The van der Waals surface area contributed by atoms with Crippen LogP contribution in [0.3, 0.4) is 0 Å². The fraction of sp³-hybridized carbons (Fsp3) is 0.222. The zero-order chi connectivity index (χ0) is 16.8. The third-order valence-electron chi connectivity index (χ3n) is 3.79. The number of likely N-dealkylation sites (N-methyl/N-ethyl adjacent to an activating group) is 1. The molecular formula is C18H19FN3O+. The molecule has 2 atom stereocenters. The summed E-state index contributed by atoms with van der Waals surface area (Å²) in [5.74, 6) is -0.394. The van der Waals surface area contributed by atoms with Crippen LogP contribution in [-0.4, -0.2) is 19.0 Å². The van der Waals surface area contributed by atoms with Gasteiger partial charge in [0.25, 0.3) is 5.91 Å². The number of anilines is 1. The van der Waals surface area contributed by atoms with E-state index in [0.717, 1.165) is 10.5 Å². The first-order valence-corrected chi connectivity index (χ1v) is 7.37. The first-order chi connectivity index (χ1) is 11.0. The van der Waals surface area contributed by atoms with E-state index in [1.54, 1.807) is 36.4 Å². The average molecular weight is 312 g/mol. The molecule has 118 valence electrons. The highest BCUT2D eigenvalue weighted by Gasteiger charge is 2.22. The Kier molecular flexibility index (Phi) is 5.45. The second-order valence-corrected chi connectivity index (χ2v) is 5.55. The minimum absolute atomic E-state index is 0.125. The van der Waals surface area contributed by atoms with Gasteiger partial charge in [0.1, 0.15) is 12.4 Å². The first-order valence-electron chi connectivity index (χ1n) is 7.37. The number of rotatable bonds is 5. The predicted octanol–water partition coefficient (Wildman–Crippen LogP) is 1.74. The summed E-state index contributed by atoms with van der Waals surface area (Å²) in [5.41, 5.74) is 2.08. The van der Waals surface area contributed by atoms with Gasteiger partial charge in [0.15, 0.2) is 6.04 Å². The molecule has 4 nitrogen and oxygen atoms in total. The molecule has 23 heavy (non-hydrogen) atoms. The third-order valence-corrected chi connectivity index (χ3v) is 3.79. The molecule has 0 aliphatic rings. The van der Waals surface area contributed by atoms with E-state index in [1.165, 1.54) is 12.1 Å². The van der Waals surface area contributed by atoms with Crippen LogP contribution in [0.15, 0.2) is 48.5 Å². The van der Waals surface area contributed by atoms with E-state index >= 15 is 0 Å². The largest absolute Gasteiger partial charge is 0.324 e. The standard InChI is InChI=1S/C18H18FN3O/c1-13(22(2)12-14-6-8-16(19)9-7-14)18(23)21-17-5-3-4-15(10-17)11-20/h3-10,13H,12H2,1-2H3,(H,21,23)/p+1/t13-/m1/s1. The van der Waals surface area contributed by atoms with Crippen molar-refractivity contribution in [2.75, 3.05) is 12.4 Å². The molecule has 0 bridgehead atoms. The van der Waals surface area contributed by atoms with Crippen LogP contribution in [0, 0.1) is 17.1 Å². The monoisotopic (exact) mass is 312 g/mol. The lowest BCUT2D eigenvalue weighted by molar-refractivity contribution is -0.907. The fourth-order valence-corrected chi connectivity index (χ4v) is 2.22. The Morgan fingerprint density at radius 3 is 2.65 bits per heavy atom. The first kappa shape index (κ1) is 16.7. The maximum absolute atomic E-state index is 12.9. The Labute approximate surface area is 135 Å². The molecule has 2 N–H and O–H groups in total. The van der Waals surface area contributed by atoms with Crippen molar-refractivity contribution in [3.8, 4) is 6.07 Å². The highest BCUT2D eigenvalue weighted by Crippen LogP contribution is 2.09. The number of nitrogens with one attached hydrogen (secondary N) is 2. The Balaban J connectivity index is 1.98. The van der Waals surface area contributed by atoms with Crippen molar-refractivity contribution in [1.82, 2.24) is 0 Å². The number of hydrogen-bond acceptors (Lipinski definition) is 2. The molecule has 2 rings (SSSR count). The summed E-state index contributed by atoms with van der Waals surface area (Å²) in [6, 6.07) is 14.8. The van der Waals surface area contributed by atoms with Gasteiger partial charge in [-0.05, 0) is 37.3 Å². The molecule has 2 aromatic rings. The lowest BCUT2D eigenvalue weighted by Crippen LogP contribution is -3.12. The molecule has 0 heterocycles. The SMILES string of the molecule is C[C@H](C(=O)Nc1cccc(C#N)c1)[NH+](C)Cc1ccc(F)cc1. The van der Waals surface area contributed by atoms with Crippen molar-refractivity contribution in [3.63, 3.8) is 0 Å². The van der Waals surface area contributed by atoms with Crippen molar-refractivity contribution in [2.24, 2.45) is 0 Å². The topological polar surface area (TPSA) is 57.3 Å². The van der Waals surface area contributed by atoms with Crippen LogP contribution in [0.1, 0.15) is 18.1 Å². The number of nitriles is 1. The minimum Gasteiger partial charge on any atom is -0.324 e. The number of amides is 1. The van der Waals surface area contributed by atoms with Gasteiger partial charge in [-0.1, -0.05) is 18.2 Å². The molecular weight excluding hydrogens is 293 g/mol. The van der Waals surface area contributed by atoms with E-state index in [-0.39, 0.29) is 17.8 Å². The van der Waals surface area contributed by atoms with Gasteiger partial charge in [-0.25, -0.2) is 4.39 Å². The summed E-state index contributed by atoms with van der Waals surface area (Å²) < 4.78 is 12.9. The molecule has 0 saturated carbocycles. The van der Waals surface area contributed by atoms with E-state index in [0.29, 0.717) is 17.8 Å². The van der Waals surface area contributed by atoms with Gasteiger partial charge in [-0.2, -0.15) is 5.26 Å². The van der Waals surface area contributed by atoms with Gasteiger partial charge in [0.2, 0.25) is 0 Å². The zero-order valence-electron chi connectivity index (χ0n) is 13.1. The van der Waals surface area contributed by atoms with E-state index < -0.39 is 0 Å².